The van der Waals surface area contributed by atoms with Crippen molar-refractivity contribution in [2.45, 2.75) is 26.4 Å². The van der Waals surface area contributed by atoms with E-state index in [0.717, 1.165) is 24.0 Å². The smallest absolute Gasteiger partial charge is 0.328 e. The molecular weight excluding hydrogens is 466 g/mol. The predicted octanol–water partition coefficient (Wildman–Crippen LogP) is 3.85. The molecule has 2 heterocycles. The fourth-order valence-corrected chi connectivity index (χ4v) is 4.29. The first-order chi connectivity index (χ1) is 16.9. The highest BCUT2D eigenvalue weighted by atomic mass is 35.5. The van der Waals surface area contributed by atoms with Crippen molar-refractivity contribution in [1.29, 1.82) is 0 Å². The van der Waals surface area contributed by atoms with Gasteiger partial charge in [0.05, 0.1) is 19.2 Å². The lowest BCUT2D eigenvalue weighted by Gasteiger charge is -2.34. The lowest BCUT2D eigenvalue weighted by Crippen LogP contribution is -2.48. The van der Waals surface area contributed by atoms with Crippen molar-refractivity contribution in [1.82, 2.24) is 19.8 Å². The van der Waals surface area contributed by atoms with E-state index < -0.39 is 6.04 Å². The Bertz CT molecular complexity index is 1190. The summed E-state index contributed by atoms with van der Waals surface area (Å²) in [5.74, 6) is 0.983. The molecule has 4 rings (SSSR count). The highest BCUT2D eigenvalue weighted by Gasteiger charge is 2.26. The molecule has 0 unspecified atom stereocenters. The summed E-state index contributed by atoms with van der Waals surface area (Å²) in [5.41, 5.74) is 1.45. The molecule has 1 saturated heterocycles. The second kappa shape index (κ2) is 11.0. The third-order valence-electron chi connectivity index (χ3n) is 6.18. The van der Waals surface area contributed by atoms with Crippen molar-refractivity contribution in [2.75, 3.05) is 38.6 Å². The number of benzene rings is 2. The number of aromatic nitrogens is 2. The summed E-state index contributed by atoms with van der Waals surface area (Å²) in [6.45, 7) is 7.15. The third kappa shape index (κ3) is 5.89. The van der Waals surface area contributed by atoms with E-state index in [2.05, 4.69) is 10.2 Å². The number of hydrogen-bond acceptors (Lipinski definition) is 7. The number of ether oxygens (including phenoxy) is 1. The Morgan fingerprint density at radius 1 is 1.03 bits per heavy atom. The van der Waals surface area contributed by atoms with Crippen LogP contribution in [0.2, 0.25) is 5.02 Å². The number of methoxy groups -OCH3 is 1. The molecule has 1 N–H and O–H groups in total. The van der Waals surface area contributed by atoms with Gasteiger partial charge in [0.15, 0.2) is 0 Å². The molecule has 9 heteroatoms. The highest BCUT2D eigenvalue weighted by molar-refractivity contribution is 6.30. The van der Waals surface area contributed by atoms with E-state index in [4.69, 9.17) is 26.3 Å². The van der Waals surface area contributed by atoms with Crippen LogP contribution in [-0.4, -0.2) is 71.0 Å². The number of carbonyl (C=O) groups excluding carboxylic acids is 2. The summed E-state index contributed by atoms with van der Waals surface area (Å²) in [5, 5.41) is 4.75. The lowest BCUT2D eigenvalue weighted by atomic mass is 10.0. The maximum Gasteiger partial charge on any atom is 0.328 e. The number of nitrogens with zero attached hydrogens (tertiary/aromatic N) is 4. The molecule has 1 atom stereocenters. The zero-order chi connectivity index (χ0) is 24.9. The van der Waals surface area contributed by atoms with Crippen LogP contribution in [0.5, 0.6) is 0 Å². The van der Waals surface area contributed by atoms with Crippen LogP contribution in [0.25, 0.3) is 10.9 Å². The maximum absolute atomic E-state index is 12.8. The van der Waals surface area contributed by atoms with Crippen LogP contribution >= 0.6 is 11.6 Å². The molecule has 35 heavy (non-hydrogen) atoms. The van der Waals surface area contributed by atoms with Crippen LogP contribution < -0.4 is 5.32 Å². The molecule has 1 aliphatic rings. The van der Waals surface area contributed by atoms with Gasteiger partial charge in [0.25, 0.3) is 5.91 Å². The Morgan fingerprint density at radius 2 is 1.71 bits per heavy atom. The van der Waals surface area contributed by atoms with Gasteiger partial charge >= 0.3 is 5.97 Å². The zero-order valence-electron chi connectivity index (χ0n) is 20.2. The first-order valence-electron chi connectivity index (χ1n) is 11.7. The molecule has 1 aromatic heterocycles. The Labute approximate surface area is 210 Å². The van der Waals surface area contributed by atoms with Gasteiger partial charge in [-0.2, -0.15) is 0 Å². The molecule has 2 aromatic carbocycles. The van der Waals surface area contributed by atoms with Crippen LogP contribution in [0.15, 0.2) is 48.5 Å². The number of amides is 1. The van der Waals surface area contributed by atoms with Gasteiger partial charge in [-0.05, 0) is 42.3 Å². The van der Waals surface area contributed by atoms with Crippen molar-refractivity contribution in [3.63, 3.8) is 0 Å². The third-order valence-corrected chi connectivity index (χ3v) is 6.43. The summed E-state index contributed by atoms with van der Waals surface area (Å²) in [6, 6.07) is 14.2. The quantitative estimate of drug-likeness (QED) is 0.498. The highest BCUT2D eigenvalue weighted by Crippen LogP contribution is 2.23. The van der Waals surface area contributed by atoms with Crippen molar-refractivity contribution >= 4 is 40.2 Å². The summed E-state index contributed by atoms with van der Waals surface area (Å²) in [4.78, 5) is 38.8. The number of carbonyl (C=O) groups is 2. The molecule has 184 valence electrons. The minimum Gasteiger partial charge on any atom is -0.467 e. The van der Waals surface area contributed by atoms with Crippen LogP contribution in [0.4, 0.5) is 5.82 Å². The molecule has 0 radical (unpaired) electrons. The van der Waals surface area contributed by atoms with Crippen molar-refractivity contribution in [3.05, 3.63) is 64.9 Å². The minimum atomic E-state index is -0.520. The summed E-state index contributed by atoms with van der Waals surface area (Å²) >= 11 is 5.94. The van der Waals surface area contributed by atoms with Crippen LogP contribution in [0.1, 0.15) is 30.0 Å². The summed E-state index contributed by atoms with van der Waals surface area (Å²) < 4.78 is 4.98. The number of fused-ring (bicyclic) bond motifs is 1. The Hall–Kier alpha value is -3.23. The van der Waals surface area contributed by atoms with E-state index in [1.807, 2.05) is 43.0 Å². The number of halogens is 1. The number of nitrogens with one attached hydrogen (secondary N) is 1. The van der Waals surface area contributed by atoms with Gasteiger partial charge in [0.2, 0.25) is 0 Å². The number of piperazine rings is 1. The standard InChI is InChI=1S/C26H30ClN5O3/c1-17(2)23(26(34)35-3)30-24-20-6-4-5-7-21(20)28-22(29-24)16-31-12-14-32(15-13-31)25(33)18-8-10-19(27)11-9-18/h4-11,17,23H,12-16H2,1-3H3,(H,28,29,30)/t23-/m0/s1. The molecule has 0 aliphatic carbocycles. The summed E-state index contributed by atoms with van der Waals surface area (Å²) in [7, 11) is 1.39. The zero-order valence-corrected chi connectivity index (χ0v) is 21.0. The van der Waals surface area contributed by atoms with E-state index in [-0.39, 0.29) is 17.8 Å². The molecule has 1 amide bonds. The van der Waals surface area contributed by atoms with Crippen LogP contribution in [0.3, 0.4) is 0 Å². The number of para-hydroxylation sites is 1. The van der Waals surface area contributed by atoms with E-state index in [0.29, 0.717) is 41.9 Å². The SMILES string of the molecule is COC(=O)[C@@H](Nc1nc(CN2CCN(C(=O)c3ccc(Cl)cc3)CC2)nc2ccccc12)C(C)C. The molecule has 0 spiro atoms. The van der Waals surface area contributed by atoms with E-state index in [1.165, 1.54) is 7.11 Å². The summed E-state index contributed by atoms with van der Waals surface area (Å²) in [6.07, 6.45) is 0. The maximum atomic E-state index is 12.8. The lowest BCUT2D eigenvalue weighted by molar-refractivity contribution is -0.142. The molecule has 1 fully saturated rings. The molecular formula is C26H30ClN5O3. The second-order valence-electron chi connectivity index (χ2n) is 8.97. The van der Waals surface area contributed by atoms with Gasteiger partial charge in [0.1, 0.15) is 17.7 Å². The average molecular weight is 496 g/mol. The van der Waals surface area contributed by atoms with Crippen molar-refractivity contribution in [2.24, 2.45) is 5.92 Å². The Morgan fingerprint density at radius 3 is 2.37 bits per heavy atom. The van der Waals surface area contributed by atoms with Crippen LogP contribution in [-0.2, 0) is 16.1 Å². The first-order valence-corrected chi connectivity index (χ1v) is 12.1. The molecule has 1 aliphatic heterocycles. The number of rotatable bonds is 7. The molecule has 3 aromatic rings. The fourth-order valence-electron chi connectivity index (χ4n) is 4.16. The van der Waals surface area contributed by atoms with Gasteiger partial charge in [-0.3, -0.25) is 9.69 Å². The van der Waals surface area contributed by atoms with E-state index in [9.17, 15) is 9.59 Å². The molecule has 0 bridgehead atoms. The largest absolute Gasteiger partial charge is 0.467 e. The van der Waals surface area contributed by atoms with E-state index >= 15 is 0 Å². The molecule has 0 saturated carbocycles. The minimum absolute atomic E-state index is 0.0114. The number of hydrogen-bond donors (Lipinski definition) is 1. The van der Waals surface area contributed by atoms with Gasteiger partial charge in [-0.15, -0.1) is 0 Å². The van der Waals surface area contributed by atoms with Crippen LogP contribution in [0, 0.1) is 5.92 Å². The number of esters is 1. The predicted molar refractivity (Wildman–Crippen MR) is 136 cm³/mol. The average Bonchev–Trinajstić information content (AvgIpc) is 2.87. The van der Waals surface area contributed by atoms with Crippen molar-refractivity contribution in [3.8, 4) is 0 Å². The van der Waals surface area contributed by atoms with Crippen molar-refractivity contribution < 1.29 is 14.3 Å². The van der Waals surface area contributed by atoms with Gasteiger partial charge in [-0.25, -0.2) is 14.8 Å². The monoisotopic (exact) mass is 495 g/mol. The number of anilines is 1. The fraction of sp³-hybridized carbons (Fsp3) is 0.385. The van der Waals surface area contributed by atoms with E-state index in [1.54, 1.807) is 24.3 Å². The molecule has 8 nitrogen and oxygen atoms in total. The van der Waals surface area contributed by atoms with Gasteiger partial charge in [0, 0.05) is 42.2 Å². The Balaban J connectivity index is 1.47. The van der Waals surface area contributed by atoms with Gasteiger partial charge in [-0.1, -0.05) is 37.6 Å². The second-order valence-corrected chi connectivity index (χ2v) is 9.41. The Kier molecular flexibility index (Phi) is 7.83. The topological polar surface area (TPSA) is 87.7 Å². The van der Waals surface area contributed by atoms with Gasteiger partial charge < -0.3 is 15.0 Å². The normalized spacial score (nSPS) is 15.3. The first kappa shape index (κ1) is 24.9.